The van der Waals surface area contributed by atoms with Gasteiger partial charge < -0.3 is 16.0 Å². The van der Waals surface area contributed by atoms with Crippen LogP contribution in [0.25, 0.3) is 5.69 Å². The fourth-order valence-electron chi connectivity index (χ4n) is 4.05. The predicted molar refractivity (Wildman–Crippen MR) is 121 cm³/mol. The van der Waals surface area contributed by atoms with Gasteiger partial charge in [-0.05, 0) is 30.0 Å². The second-order valence-electron chi connectivity index (χ2n) is 8.78. The Morgan fingerprint density at radius 1 is 1.32 bits per heavy atom. The zero-order chi connectivity index (χ0) is 24.7. The van der Waals surface area contributed by atoms with Crippen molar-refractivity contribution in [2.75, 3.05) is 17.6 Å². The van der Waals surface area contributed by atoms with Gasteiger partial charge in [-0.15, -0.1) is 0 Å². The van der Waals surface area contributed by atoms with Crippen LogP contribution in [-0.4, -0.2) is 43.7 Å². The Morgan fingerprint density at radius 2 is 2.09 bits per heavy atom. The molecule has 0 aliphatic heterocycles. The monoisotopic (exact) mass is 492 g/mol. The lowest BCUT2D eigenvalue weighted by Gasteiger charge is -2.29. The van der Waals surface area contributed by atoms with E-state index in [0.29, 0.717) is 23.7 Å². The number of carbonyl (C=O) groups excluding carboxylic acids is 2. The quantitative estimate of drug-likeness (QED) is 0.338. The molecule has 8 nitrogen and oxygen atoms in total. The molecule has 2 heterocycles. The molecule has 12 heteroatoms. The lowest BCUT2D eigenvalue weighted by atomic mass is 9.75. The summed E-state index contributed by atoms with van der Waals surface area (Å²) in [6.07, 6.45) is -1.18. The van der Waals surface area contributed by atoms with Crippen LogP contribution in [0.4, 0.5) is 18.9 Å². The summed E-state index contributed by atoms with van der Waals surface area (Å²) >= 11 is 1.46. The Morgan fingerprint density at radius 3 is 2.74 bits per heavy atom. The minimum atomic E-state index is -4.77. The number of nitrogens with two attached hydrogens (primary N) is 1. The summed E-state index contributed by atoms with van der Waals surface area (Å²) in [5.41, 5.74) is 4.48. The number of aromatic nitrogens is 4. The first kappa shape index (κ1) is 23.9. The largest absolute Gasteiger partial charge is 0.435 e. The Hall–Kier alpha value is -3.28. The number of hydrogen-bond acceptors (Lipinski definition) is 6. The van der Waals surface area contributed by atoms with Gasteiger partial charge in [-0.1, -0.05) is 25.6 Å². The average molecular weight is 493 g/mol. The van der Waals surface area contributed by atoms with Gasteiger partial charge >= 0.3 is 6.18 Å². The van der Waals surface area contributed by atoms with Crippen LogP contribution in [0.5, 0.6) is 0 Å². The summed E-state index contributed by atoms with van der Waals surface area (Å²) in [4.78, 5) is 31.7. The number of H-pyrrole nitrogens is 1. The van der Waals surface area contributed by atoms with E-state index in [0.717, 1.165) is 9.84 Å². The molecule has 0 saturated carbocycles. The molecule has 180 valence electrons. The Kier molecular flexibility index (Phi) is 6.19. The minimum Gasteiger partial charge on any atom is -0.383 e. The van der Waals surface area contributed by atoms with Gasteiger partial charge in [-0.3, -0.25) is 9.59 Å². The molecule has 1 amide bonds. The van der Waals surface area contributed by atoms with E-state index in [1.165, 1.54) is 30.0 Å². The van der Waals surface area contributed by atoms with Crippen LogP contribution in [-0.2, 0) is 12.6 Å². The molecule has 0 bridgehead atoms. The number of primary amides is 1. The second kappa shape index (κ2) is 8.82. The van der Waals surface area contributed by atoms with Crippen LogP contribution in [0.2, 0.25) is 0 Å². The zero-order valence-corrected chi connectivity index (χ0v) is 19.3. The number of imidazole rings is 1. The molecule has 1 aliphatic carbocycles. The lowest BCUT2D eigenvalue weighted by molar-refractivity contribution is -0.141. The number of halogens is 3. The zero-order valence-electron chi connectivity index (χ0n) is 18.5. The third kappa shape index (κ3) is 4.81. The van der Waals surface area contributed by atoms with Crippen molar-refractivity contribution in [1.82, 2.24) is 19.7 Å². The van der Waals surface area contributed by atoms with Crippen LogP contribution in [0.15, 0.2) is 35.7 Å². The van der Waals surface area contributed by atoms with Gasteiger partial charge in [0.05, 0.1) is 22.5 Å². The first-order chi connectivity index (χ1) is 16.0. The summed E-state index contributed by atoms with van der Waals surface area (Å²) in [6.45, 7) is 4.10. The van der Waals surface area contributed by atoms with Crippen molar-refractivity contribution >= 4 is 29.1 Å². The van der Waals surface area contributed by atoms with Crippen LogP contribution in [0.3, 0.4) is 0 Å². The van der Waals surface area contributed by atoms with E-state index < -0.39 is 29.0 Å². The van der Waals surface area contributed by atoms with Crippen molar-refractivity contribution in [2.24, 2.45) is 11.1 Å². The summed E-state index contributed by atoms with van der Waals surface area (Å²) in [7, 11) is 0. The number of amides is 1. The summed E-state index contributed by atoms with van der Waals surface area (Å²) in [6, 6.07) is 4.44. The average Bonchev–Trinajstić information content (AvgIpc) is 3.37. The Bertz CT molecular complexity index is 1230. The Balaban J connectivity index is 1.70. The van der Waals surface area contributed by atoms with Crippen molar-refractivity contribution in [3.05, 3.63) is 53.1 Å². The number of nitrogens with one attached hydrogen (secondary N) is 2. The van der Waals surface area contributed by atoms with Gasteiger partial charge in [-0.2, -0.15) is 18.3 Å². The van der Waals surface area contributed by atoms with Gasteiger partial charge in [0.1, 0.15) is 0 Å². The number of benzene rings is 1. The van der Waals surface area contributed by atoms with Crippen molar-refractivity contribution in [3.63, 3.8) is 0 Å². The summed E-state index contributed by atoms with van der Waals surface area (Å²) in [5, 5.41) is 7.66. The molecular weight excluding hydrogens is 469 g/mol. The van der Waals surface area contributed by atoms with Crippen LogP contribution < -0.4 is 11.1 Å². The van der Waals surface area contributed by atoms with Crippen molar-refractivity contribution in [2.45, 2.75) is 38.0 Å². The molecule has 34 heavy (non-hydrogen) atoms. The number of rotatable bonds is 7. The van der Waals surface area contributed by atoms with E-state index in [2.05, 4.69) is 20.4 Å². The van der Waals surface area contributed by atoms with Gasteiger partial charge in [0, 0.05) is 36.8 Å². The molecule has 4 N–H and O–H groups in total. The summed E-state index contributed by atoms with van der Waals surface area (Å²) < 4.78 is 42.3. The first-order valence-electron chi connectivity index (χ1n) is 10.5. The van der Waals surface area contributed by atoms with Crippen molar-refractivity contribution in [3.8, 4) is 5.69 Å². The highest BCUT2D eigenvalue weighted by Gasteiger charge is 2.45. The predicted octanol–water partition coefficient (Wildman–Crippen LogP) is 4.07. The number of nitrogens with zero attached hydrogens (tertiary/aromatic N) is 3. The highest BCUT2D eigenvalue weighted by molar-refractivity contribution is 7.99. The van der Waals surface area contributed by atoms with Gasteiger partial charge in [0.15, 0.2) is 16.6 Å². The smallest absolute Gasteiger partial charge is 0.383 e. The van der Waals surface area contributed by atoms with Crippen molar-refractivity contribution < 1.29 is 22.8 Å². The number of aromatic amines is 1. The minimum absolute atomic E-state index is 0.00945. The molecule has 1 aromatic carbocycles. The second-order valence-corrected chi connectivity index (χ2v) is 9.87. The third-order valence-electron chi connectivity index (χ3n) is 5.46. The van der Waals surface area contributed by atoms with Gasteiger partial charge in [0.25, 0.3) is 5.91 Å². The number of fused-ring (bicyclic) bond motifs is 1. The van der Waals surface area contributed by atoms with Gasteiger partial charge in [0.2, 0.25) is 0 Å². The molecule has 0 atom stereocenters. The van der Waals surface area contributed by atoms with E-state index in [1.807, 2.05) is 13.8 Å². The SMILES string of the molecule is CC1(C)CC(=O)c2c(C(F)(F)F)nn(-c3ccc(C(N)=O)c(NCCSc4ncc[nH]4)c3)c2C1. The van der Waals surface area contributed by atoms with Crippen LogP contribution in [0, 0.1) is 5.41 Å². The molecule has 2 aromatic heterocycles. The van der Waals surface area contributed by atoms with E-state index in [9.17, 15) is 22.8 Å². The molecule has 0 radical (unpaired) electrons. The topological polar surface area (TPSA) is 119 Å². The number of alkyl halides is 3. The molecular formula is C22H23F3N6O2S. The van der Waals surface area contributed by atoms with E-state index >= 15 is 0 Å². The molecule has 0 spiro atoms. The number of Topliss-reactive ketones (excluding diaryl/α,β-unsaturated/α-hetero) is 1. The normalized spacial score (nSPS) is 15.3. The van der Waals surface area contributed by atoms with Crippen LogP contribution >= 0.6 is 11.8 Å². The van der Waals surface area contributed by atoms with E-state index in [1.54, 1.807) is 12.4 Å². The standard InChI is InChI=1S/C22H23F3N6O2S/c1-21(2)10-15-17(16(32)11-21)18(22(23,24)25)30-31(15)12-3-4-13(19(26)33)14(9-12)27-7-8-34-20-28-5-6-29-20/h3-6,9,27H,7-8,10-11H2,1-2H3,(H2,26,33)(H,28,29). The number of hydrogen-bond donors (Lipinski definition) is 3. The maximum Gasteiger partial charge on any atom is 0.435 e. The molecule has 0 fully saturated rings. The van der Waals surface area contributed by atoms with Gasteiger partial charge in [-0.25, -0.2) is 9.67 Å². The molecule has 1 aliphatic rings. The highest BCUT2D eigenvalue weighted by Crippen LogP contribution is 2.42. The maximum absolute atomic E-state index is 13.7. The lowest BCUT2D eigenvalue weighted by Crippen LogP contribution is -2.29. The highest BCUT2D eigenvalue weighted by atomic mass is 32.2. The molecule has 4 rings (SSSR count). The molecule has 0 saturated heterocycles. The third-order valence-corrected chi connectivity index (χ3v) is 6.36. The van der Waals surface area contributed by atoms with Crippen molar-refractivity contribution in [1.29, 1.82) is 0 Å². The first-order valence-corrected chi connectivity index (χ1v) is 11.5. The molecule has 0 unspecified atom stereocenters. The fourth-order valence-corrected chi connectivity index (χ4v) is 4.73. The maximum atomic E-state index is 13.7. The number of anilines is 1. The van der Waals surface area contributed by atoms with E-state index in [-0.39, 0.29) is 29.7 Å². The van der Waals surface area contributed by atoms with Crippen LogP contribution in [0.1, 0.15) is 52.4 Å². The Labute approximate surface area is 197 Å². The number of thioether (sulfide) groups is 1. The fraction of sp³-hybridized carbons (Fsp3) is 0.364. The van der Waals surface area contributed by atoms with E-state index in [4.69, 9.17) is 5.73 Å². The summed E-state index contributed by atoms with van der Waals surface area (Å²) in [5.74, 6) is -0.650. The number of ketones is 1. The number of carbonyl (C=O) groups is 2. The molecule has 3 aromatic rings.